The summed E-state index contributed by atoms with van der Waals surface area (Å²) in [5.41, 5.74) is 2.31. The number of halogens is 1. The van der Waals surface area contributed by atoms with Crippen LogP contribution in [0.4, 0.5) is 0 Å². The van der Waals surface area contributed by atoms with Gasteiger partial charge in [0.05, 0.1) is 7.11 Å². The molecule has 0 heterocycles. The summed E-state index contributed by atoms with van der Waals surface area (Å²) in [7, 11) is 3.40. The number of carbonyl (C=O) groups is 1. The smallest absolute Gasteiger partial charge is 0.323 e. The van der Waals surface area contributed by atoms with Crippen LogP contribution in [0.2, 0.25) is 0 Å². The molecule has 0 bridgehead atoms. The normalized spacial score (nSPS) is 11.1. The Labute approximate surface area is 151 Å². The van der Waals surface area contributed by atoms with Crippen molar-refractivity contribution in [3.63, 3.8) is 0 Å². The average molecular weight is 354 g/mol. The van der Waals surface area contributed by atoms with Crippen molar-refractivity contribution in [1.82, 2.24) is 4.90 Å². The maximum Gasteiger partial charge on any atom is 0.323 e. The van der Waals surface area contributed by atoms with Gasteiger partial charge in [0.15, 0.2) is 0 Å². The Hall–Kier alpha value is -1.49. The van der Waals surface area contributed by atoms with Crippen LogP contribution in [0.1, 0.15) is 11.1 Å². The molecule has 0 aliphatic rings. The van der Waals surface area contributed by atoms with Crippen molar-refractivity contribution in [3.8, 4) is 0 Å². The van der Waals surface area contributed by atoms with E-state index >= 15 is 0 Å². The topological polar surface area (TPSA) is 29.5 Å². The SMILES string of the molecule is COC(=O)[C@H](Cc1ccccc1)N(C)Cc1ccccc1.Cl.S. The summed E-state index contributed by atoms with van der Waals surface area (Å²) in [6.07, 6.45) is 0.650. The zero-order chi connectivity index (χ0) is 15.1. The maximum atomic E-state index is 12.1. The Morgan fingerprint density at radius 1 is 1.00 bits per heavy atom. The van der Waals surface area contributed by atoms with E-state index in [0.717, 1.165) is 5.56 Å². The van der Waals surface area contributed by atoms with Gasteiger partial charge < -0.3 is 4.74 Å². The molecular formula is C18H24ClNO2S. The quantitative estimate of drug-likeness (QED) is 0.745. The number of hydrogen-bond donors (Lipinski definition) is 0. The highest BCUT2D eigenvalue weighted by Crippen LogP contribution is 2.12. The Morgan fingerprint density at radius 2 is 1.48 bits per heavy atom. The van der Waals surface area contributed by atoms with Gasteiger partial charge in [-0.3, -0.25) is 9.69 Å². The number of methoxy groups -OCH3 is 1. The van der Waals surface area contributed by atoms with E-state index in [1.54, 1.807) is 0 Å². The molecule has 0 N–H and O–H groups in total. The van der Waals surface area contributed by atoms with E-state index in [0.29, 0.717) is 13.0 Å². The number of benzene rings is 2. The van der Waals surface area contributed by atoms with E-state index in [1.807, 2.05) is 60.5 Å². The lowest BCUT2D eigenvalue weighted by Crippen LogP contribution is -2.40. The fourth-order valence-corrected chi connectivity index (χ4v) is 2.37. The lowest BCUT2D eigenvalue weighted by Gasteiger charge is -2.26. The van der Waals surface area contributed by atoms with Crippen LogP contribution in [0.3, 0.4) is 0 Å². The zero-order valence-electron chi connectivity index (χ0n) is 13.4. The summed E-state index contributed by atoms with van der Waals surface area (Å²) in [5, 5.41) is 0. The molecule has 0 radical (unpaired) electrons. The number of esters is 1. The third-order valence-corrected chi connectivity index (χ3v) is 3.55. The largest absolute Gasteiger partial charge is 0.468 e. The second kappa shape index (κ2) is 11.1. The van der Waals surface area contributed by atoms with Gasteiger partial charge in [0.25, 0.3) is 0 Å². The molecule has 0 aromatic heterocycles. The predicted octanol–water partition coefficient (Wildman–Crippen LogP) is 3.44. The highest BCUT2D eigenvalue weighted by atomic mass is 35.5. The summed E-state index contributed by atoms with van der Waals surface area (Å²) < 4.78 is 4.96. The third-order valence-electron chi connectivity index (χ3n) is 3.55. The number of carbonyl (C=O) groups excluding carboxylic acids is 1. The number of likely N-dealkylation sites (N-methyl/N-ethyl adjacent to an activating group) is 1. The van der Waals surface area contributed by atoms with E-state index < -0.39 is 0 Å². The molecule has 2 aromatic carbocycles. The van der Waals surface area contributed by atoms with Crippen LogP contribution in [0.5, 0.6) is 0 Å². The lowest BCUT2D eigenvalue weighted by atomic mass is 10.0. The van der Waals surface area contributed by atoms with E-state index in [1.165, 1.54) is 12.7 Å². The van der Waals surface area contributed by atoms with Crippen molar-refractivity contribution in [3.05, 3.63) is 71.8 Å². The van der Waals surface area contributed by atoms with Gasteiger partial charge >= 0.3 is 5.97 Å². The molecule has 0 aliphatic heterocycles. The highest BCUT2D eigenvalue weighted by molar-refractivity contribution is 7.59. The number of rotatable bonds is 6. The van der Waals surface area contributed by atoms with Gasteiger partial charge in [0, 0.05) is 6.54 Å². The van der Waals surface area contributed by atoms with Gasteiger partial charge in [-0.25, -0.2) is 0 Å². The van der Waals surface area contributed by atoms with Crippen molar-refractivity contribution in [2.75, 3.05) is 14.2 Å². The van der Waals surface area contributed by atoms with Crippen molar-refractivity contribution in [1.29, 1.82) is 0 Å². The minimum Gasteiger partial charge on any atom is -0.468 e. The van der Waals surface area contributed by atoms with Crippen LogP contribution in [0.15, 0.2) is 60.7 Å². The molecule has 3 nitrogen and oxygen atoms in total. The molecular weight excluding hydrogens is 330 g/mol. The maximum absolute atomic E-state index is 12.1. The molecule has 0 saturated carbocycles. The predicted molar refractivity (Wildman–Crippen MR) is 101 cm³/mol. The summed E-state index contributed by atoms with van der Waals surface area (Å²) in [6.45, 7) is 0.716. The standard InChI is InChI=1S/C18H21NO2.ClH.H2S/c1-19(14-16-11-7-4-8-12-16)17(18(20)21-2)13-15-9-5-3-6-10-15;;/h3-12,17H,13-14H2,1-2H3;1H;1H2/t17-;;/m0../s1. The minimum absolute atomic E-state index is 0. The minimum atomic E-state index is -0.280. The molecule has 0 aliphatic carbocycles. The summed E-state index contributed by atoms with van der Waals surface area (Å²) in [6, 6.07) is 19.9. The number of nitrogens with zero attached hydrogens (tertiary/aromatic N) is 1. The molecule has 0 amide bonds. The van der Waals surface area contributed by atoms with Crippen LogP contribution in [0, 0.1) is 0 Å². The zero-order valence-corrected chi connectivity index (χ0v) is 15.3. The molecule has 0 fully saturated rings. The molecule has 1 atom stereocenters. The average Bonchev–Trinajstić information content (AvgIpc) is 2.53. The molecule has 2 rings (SSSR count). The van der Waals surface area contributed by atoms with Crippen LogP contribution < -0.4 is 0 Å². The third kappa shape index (κ3) is 6.65. The number of ether oxygens (including phenoxy) is 1. The second-order valence-corrected chi connectivity index (χ2v) is 5.13. The van der Waals surface area contributed by atoms with Gasteiger partial charge in [-0.15, -0.1) is 12.4 Å². The van der Waals surface area contributed by atoms with Gasteiger partial charge in [-0.05, 0) is 24.6 Å². The number of hydrogen-bond acceptors (Lipinski definition) is 3. The van der Waals surface area contributed by atoms with Crippen molar-refractivity contribution >= 4 is 31.9 Å². The van der Waals surface area contributed by atoms with Crippen molar-refractivity contribution in [2.24, 2.45) is 0 Å². The van der Waals surface area contributed by atoms with Crippen molar-refractivity contribution in [2.45, 2.75) is 19.0 Å². The Kier molecular flexibility index (Phi) is 10.4. The van der Waals surface area contributed by atoms with E-state index in [4.69, 9.17) is 4.74 Å². The monoisotopic (exact) mass is 353 g/mol. The van der Waals surface area contributed by atoms with Crippen LogP contribution in [0.25, 0.3) is 0 Å². The second-order valence-electron chi connectivity index (χ2n) is 5.13. The van der Waals surface area contributed by atoms with E-state index in [2.05, 4.69) is 12.1 Å². The summed E-state index contributed by atoms with van der Waals surface area (Å²) in [5.74, 6) is -0.197. The fraction of sp³-hybridized carbons (Fsp3) is 0.278. The lowest BCUT2D eigenvalue weighted by molar-refractivity contribution is -0.146. The molecule has 0 saturated heterocycles. The van der Waals surface area contributed by atoms with Crippen LogP contribution >= 0.6 is 25.9 Å². The van der Waals surface area contributed by atoms with Crippen LogP contribution in [-0.4, -0.2) is 31.1 Å². The molecule has 2 aromatic rings. The van der Waals surface area contributed by atoms with Crippen molar-refractivity contribution < 1.29 is 9.53 Å². The molecule has 126 valence electrons. The molecule has 0 spiro atoms. The highest BCUT2D eigenvalue weighted by Gasteiger charge is 2.24. The first-order valence-corrected chi connectivity index (χ1v) is 7.06. The Morgan fingerprint density at radius 3 is 1.96 bits per heavy atom. The van der Waals surface area contributed by atoms with Gasteiger partial charge in [-0.2, -0.15) is 13.5 Å². The van der Waals surface area contributed by atoms with Crippen LogP contribution in [-0.2, 0) is 22.5 Å². The summed E-state index contributed by atoms with van der Waals surface area (Å²) in [4.78, 5) is 14.1. The summed E-state index contributed by atoms with van der Waals surface area (Å²) >= 11 is 0. The van der Waals surface area contributed by atoms with Gasteiger partial charge in [0.1, 0.15) is 6.04 Å². The Balaban J connectivity index is 0.00000242. The first kappa shape index (κ1) is 21.5. The first-order chi connectivity index (χ1) is 10.2. The van der Waals surface area contributed by atoms with Gasteiger partial charge in [-0.1, -0.05) is 60.7 Å². The molecule has 23 heavy (non-hydrogen) atoms. The Bertz CT molecular complexity index is 566. The van der Waals surface area contributed by atoms with E-state index in [-0.39, 0.29) is 37.9 Å². The first-order valence-electron chi connectivity index (χ1n) is 7.06. The molecule has 0 unspecified atom stereocenters. The van der Waals surface area contributed by atoms with E-state index in [9.17, 15) is 4.79 Å². The molecule has 5 heteroatoms. The van der Waals surface area contributed by atoms with Gasteiger partial charge in [0.2, 0.25) is 0 Å². The fourth-order valence-electron chi connectivity index (χ4n) is 2.37.